The van der Waals surface area contributed by atoms with Crippen molar-refractivity contribution in [2.45, 2.75) is 71.0 Å². The highest BCUT2D eigenvalue weighted by atomic mass is 32.2. The molecular weight excluding hydrogens is 400 g/mol. The highest BCUT2D eigenvalue weighted by Gasteiger charge is 2.37. The quantitative estimate of drug-likeness (QED) is 0.506. The van der Waals surface area contributed by atoms with Crippen molar-refractivity contribution in [3.63, 3.8) is 0 Å². The van der Waals surface area contributed by atoms with Crippen LogP contribution in [0, 0.1) is 5.82 Å². The lowest BCUT2D eigenvalue weighted by molar-refractivity contribution is -0.140. The lowest BCUT2D eigenvalue weighted by Crippen LogP contribution is -2.40. The maximum absolute atomic E-state index is 14.4. The molecule has 2 N–H and O–H groups in total. The molecule has 160 valence electrons. The second kappa shape index (κ2) is 8.46. The number of amides is 1. The Kier molecular flexibility index (Phi) is 7.41. The Labute approximate surface area is 165 Å². The molecule has 1 unspecified atom stereocenters. The molecular formula is C18H26F4N2O3S. The molecule has 1 aromatic rings. The molecule has 0 spiro atoms. The van der Waals surface area contributed by atoms with Crippen molar-refractivity contribution >= 4 is 23.1 Å². The van der Waals surface area contributed by atoms with E-state index in [4.69, 9.17) is 4.74 Å². The zero-order chi connectivity index (χ0) is 22.1. The number of alkyl halides is 3. The Hall–Kier alpha value is -1.52. The van der Waals surface area contributed by atoms with Gasteiger partial charge in [0.2, 0.25) is 0 Å². The molecule has 0 heterocycles. The van der Waals surface area contributed by atoms with Crippen LogP contribution in [0.4, 0.5) is 28.0 Å². The maximum Gasteiger partial charge on any atom is 0.419 e. The fourth-order valence-electron chi connectivity index (χ4n) is 2.01. The third-order valence-electron chi connectivity index (χ3n) is 3.38. The topological polar surface area (TPSA) is 73.4 Å². The van der Waals surface area contributed by atoms with Crippen LogP contribution in [0.2, 0.25) is 0 Å². The Bertz CT molecular complexity index is 712. The summed E-state index contributed by atoms with van der Waals surface area (Å²) < 4.78 is 73.4. The van der Waals surface area contributed by atoms with Crippen molar-refractivity contribution in [1.29, 1.82) is 0 Å². The van der Waals surface area contributed by atoms with E-state index in [1.54, 1.807) is 41.5 Å². The standard InChI is InChI=1S/C18H26F4N2O3S/c1-10(24-28(26)17(5,6)7)11-8-12(18(20,21)22)14(19)13(9-11)23-15(25)27-16(2,3)4/h8-10,24H,1-7H3,(H,23,25)/t10?,28-/m1/s1. The zero-order valence-electron chi connectivity index (χ0n) is 16.9. The summed E-state index contributed by atoms with van der Waals surface area (Å²) in [7, 11) is 0. The van der Waals surface area contributed by atoms with Crippen molar-refractivity contribution in [2.75, 3.05) is 5.32 Å². The van der Waals surface area contributed by atoms with Gasteiger partial charge in [-0.1, -0.05) is 0 Å². The van der Waals surface area contributed by atoms with Gasteiger partial charge in [0.15, 0.2) is 5.82 Å². The van der Waals surface area contributed by atoms with Gasteiger partial charge in [-0.2, -0.15) is 13.2 Å². The molecule has 10 heteroatoms. The number of anilines is 1. The van der Waals surface area contributed by atoms with E-state index in [1.165, 1.54) is 6.92 Å². The van der Waals surface area contributed by atoms with Gasteiger partial charge in [0.05, 0.1) is 17.3 Å². The number of hydrogen-bond donors (Lipinski definition) is 2. The number of nitrogens with one attached hydrogen (secondary N) is 2. The van der Waals surface area contributed by atoms with Gasteiger partial charge in [0, 0.05) is 11.4 Å². The summed E-state index contributed by atoms with van der Waals surface area (Å²) in [5.74, 6) is -1.62. The molecule has 0 fully saturated rings. The van der Waals surface area contributed by atoms with Crippen LogP contribution in [0.5, 0.6) is 0 Å². The van der Waals surface area contributed by atoms with Gasteiger partial charge in [0.25, 0.3) is 0 Å². The van der Waals surface area contributed by atoms with Gasteiger partial charge in [0.1, 0.15) is 10.3 Å². The third-order valence-corrected chi connectivity index (χ3v) is 5.06. The average Bonchev–Trinajstić information content (AvgIpc) is 2.44. The van der Waals surface area contributed by atoms with E-state index in [0.717, 1.165) is 6.07 Å². The van der Waals surface area contributed by atoms with Crippen molar-refractivity contribution in [3.8, 4) is 0 Å². The first-order valence-corrected chi connectivity index (χ1v) is 9.65. The van der Waals surface area contributed by atoms with Crippen molar-refractivity contribution in [2.24, 2.45) is 0 Å². The van der Waals surface area contributed by atoms with Crippen LogP contribution in [0.15, 0.2) is 12.1 Å². The number of halogens is 4. The molecule has 0 aliphatic heterocycles. The Morgan fingerprint density at radius 2 is 1.68 bits per heavy atom. The fraction of sp³-hybridized carbons (Fsp3) is 0.611. The van der Waals surface area contributed by atoms with Crippen LogP contribution in [-0.4, -0.2) is 21.0 Å². The van der Waals surface area contributed by atoms with Crippen LogP contribution in [0.3, 0.4) is 0 Å². The minimum atomic E-state index is -4.98. The van der Waals surface area contributed by atoms with Crippen LogP contribution in [0.1, 0.15) is 65.6 Å². The van der Waals surface area contributed by atoms with E-state index in [0.29, 0.717) is 6.07 Å². The van der Waals surface area contributed by atoms with Crippen LogP contribution in [0.25, 0.3) is 0 Å². The maximum atomic E-state index is 14.4. The third kappa shape index (κ3) is 7.14. The normalized spacial score (nSPS) is 15.1. The average molecular weight is 426 g/mol. The van der Waals surface area contributed by atoms with Crippen molar-refractivity contribution in [1.82, 2.24) is 4.72 Å². The predicted octanol–water partition coefficient (Wildman–Crippen LogP) is 5.30. The van der Waals surface area contributed by atoms with Gasteiger partial charge in [-0.3, -0.25) is 5.32 Å². The minimum absolute atomic E-state index is 0.0115. The number of carbonyl (C=O) groups is 1. The highest BCUT2D eigenvalue weighted by molar-refractivity contribution is 7.90. The lowest BCUT2D eigenvalue weighted by atomic mass is 10.0. The largest absolute Gasteiger partial charge is 0.598 e. The molecule has 1 aromatic carbocycles. The van der Waals surface area contributed by atoms with Crippen LogP contribution in [-0.2, 0) is 22.3 Å². The smallest absolute Gasteiger partial charge is 0.419 e. The first-order valence-electron chi connectivity index (χ1n) is 8.50. The first kappa shape index (κ1) is 24.5. The molecule has 0 bridgehead atoms. The zero-order valence-corrected chi connectivity index (χ0v) is 17.7. The van der Waals surface area contributed by atoms with E-state index in [-0.39, 0.29) is 5.56 Å². The molecule has 2 atom stereocenters. The lowest BCUT2D eigenvalue weighted by Gasteiger charge is -2.27. The Morgan fingerprint density at radius 3 is 2.11 bits per heavy atom. The molecule has 0 radical (unpaired) electrons. The minimum Gasteiger partial charge on any atom is -0.598 e. The molecule has 1 rings (SSSR count). The molecule has 5 nitrogen and oxygen atoms in total. The Balaban J connectivity index is 3.30. The molecule has 0 aromatic heterocycles. The van der Waals surface area contributed by atoms with E-state index >= 15 is 0 Å². The SMILES string of the molecule is CC(N[S@+]([O-])C(C)(C)C)c1cc(NC(=O)OC(C)(C)C)c(F)c(C(F)(F)F)c1. The first-order chi connectivity index (χ1) is 12.4. The number of benzene rings is 1. The number of ether oxygens (including phenoxy) is 1. The summed E-state index contributed by atoms with van der Waals surface area (Å²) in [5, 5.41) is 2.02. The van der Waals surface area contributed by atoms with Gasteiger partial charge in [-0.25, -0.2) is 9.18 Å². The second-order valence-corrected chi connectivity index (χ2v) is 10.3. The van der Waals surface area contributed by atoms with Gasteiger partial charge < -0.3 is 9.29 Å². The molecule has 0 saturated carbocycles. The second-order valence-electron chi connectivity index (χ2n) is 8.28. The van der Waals surface area contributed by atoms with Crippen molar-refractivity contribution in [3.05, 3.63) is 29.1 Å². The molecule has 0 aliphatic carbocycles. The summed E-state index contributed by atoms with van der Waals surface area (Å²) in [6, 6.07) is 0.889. The number of rotatable bonds is 4. The van der Waals surface area contributed by atoms with E-state index in [1.807, 2.05) is 5.32 Å². The monoisotopic (exact) mass is 426 g/mol. The molecule has 28 heavy (non-hydrogen) atoms. The van der Waals surface area contributed by atoms with Gasteiger partial charge in [-0.05, 0) is 66.2 Å². The van der Waals surface area contributed by atoms with Crippen molar-refractivity contribution < 1.29 is 31.6 Å². The van der Waals surface area contributed by atoms with E-state index in [2.05, 4.69) is 4.72 Å². The highest BCUT2D eigenvalue weighted by Crippen LogP contribution is 2.37. The van der Waals surface area contributed by atoms with E-state index < -0.39 is 57.1 Å². The van der Waals surface area contributed by atoms with Gasteiger partial charge in [-0.15, -0.1) is 4.72 Å². The summed E-state index contributed by atoms with van der Waals surface area (Å²) >= 11 is -1.57. The molecule has 0 saturated heterocycles. The van der Waals surface area contributed by atoms with Crippen LogP contribution < -0.4 is 10.0 Å². The van der Waals surface area contributed by atoms with Crippen LogP contribution >= 0.6 is 0 Å². The Morgan fingerprint density at radius 1 is 1.14 bits per heavy atom. The molecule has 1 amide bonds. The molecule has 0 aliphatic rings. The summed E-state index contributed by atoms with van der Waals surface area (Å²) in [6.45, 7) is 11.3. The fourth-order valence-corrected chi connectivity index (χ4v) is 2.82. The number of carbonyl (C=O) groups excluding carboxylic acids is 1. The summed E-state index contributed by atoms with van der Waals surface area (Å²) in [6.07, 6.45) is -6.07. The summed E-state index contributed by atoms with van der Waals surface area (Å²) in [4.78, 5) is 11.9. The van der Waals surface area contributed by atoms with Gasteiger partial charge >= 0.3 is 12.3 Å². The number of hydrogen-bond acceptors (Lipinski definition) is 4. The summed E-state index contributed by atoms with van der Waals surface area (Å²) in [5.41, 5.74) is -3.11. The van der Waals surface area contributed by atoms with E-state index in [9.17, 15) is 26.9 Å². The predicted molar refractivity (Wildman–Crippen MR) is 101 cm³/mol.